The molecule has 2 heterocycles. The topological polar surface area (TPSA) is 85.2 Å². The predicted octanol–water partition coefficient (Wildman–Crippen LogP) is 0.752. The maximum atomic E-state index is 12.3. The summed E-state index contributed by atoms with van der Waals surface area (Å²) in [5.41, 5.74) is 0.237. The lowest BCUT2D eigenvalue weighted by Crippen LogP contribution is -2.32. The van der Waals surface area contributed by atoms with Crippen molar-refractivity contribution in [3.8, 4) is 0 Å². The van der Waals surface area contributed by atoms with E-state index in [1.54, 1.807) is 30.1 Å². The summed E-state index contributed by atoms with van der Waals surface area (Å²) in [7, 11) is -1.92. The largest absolute Gasteiger partial charge is 0.312 e. The van der Waals surface area contributed by atoms with Gasteiger partial charge in [0, 0.05) is 19.3 Å². The van der Waals surface area contributed by atoms with E-state index in [-0.39, 0.29) is 17.0 Å². The minimum Gasteiger partial charge on any atom is -0.312 e. The summed E-state index contributed by atoms with van der Waals surface area (Å²) in [5.74, 6) is -0.0463. The minimum atomic E-state index is -3.72. The lowest BCUT2D eigenvalue weighted by molar-refractivity contribution is 0.0876. The van der Waals surface area contributed by atoms with Crippen LogP contribution in [0.25, 0.3) is 0 Å². The highest BCUT2D eigenvalue weighted by atomic mass is 32.2. The van der Waals surface area contributed by atoms with E-state index in [2.05, 4.69) is 10.2 Å². The number of thioether (sulfide) groups is 1. The second-order valence-electron chi connectivity index (χ2n) is 4.45. The highest BCUT2D eigenvalue weighted by molar-refractivity contribution is 7.99. The van der Waals surface area contributed by atoms with Gasteiger partial charge in [0.15, 0.2) is 5.16 Å². The Morgan fingerprint density at radius 2 is 2.05 bits per heavy atom. The zero-order chi connectivity index (χ0) is 15.0. The van der Waals surface area contributed by atoms with E-state index in [0.717, 1.165) is 4.31 Å². The Morgan fingerprint density at radius 1 is 1.29 bits per heavy atom. The molecule has 0 aliphatic carbocycles. The summed E-state index contributed by atoms with van der Waals surface area (Å²) in [4.78, 5) is 12.3. The molecule has 110 valence electrons. The first-order valence-corrected chi connectivity index (χ1v) is 8.57. The summed E-state index contributed by atoms with van der Waals surface area (Å²) in [6.45, 7) is 0.105. The van der Waals surface area contributed by atoms with Gasteiger partial charge in [-0.2, -0.15) is 0 Å². The van der Waals surface area contributed by atoms with E-state index in [1.165, 1.54) is 23.9 Å². The molecule has 0 spiro atoms. The van der Waals surface area contributed by atoms with Gasteiger partial charge in [-0.1, -0.05) is 23.9 Å². The van der Waals surface area contributed by atoms with E-state index in [1.807, 2.05) is 0 Å². The van der Waals surface area contributed by atoms with Crippen LogP contribution in [0.5, 0.6) is 0 Å². The maximum Gasteiger partial charge on any atom is 0.269 e. The Morgan fingerprint density at radius 3 is 2.71 bits per heavy atom. The van der Waals surface area contributed by atoms with Gasteiger partial charge < -0.3 is 4.57 Å². The van der Waals surface area contributed by atoms with E-state index < -0.39 is 15.9 Å². The van der Waals surface area contributed by atoms with E-state index >= 15 is 0 Å². The molecule has 1 aliphatic rings. The zero-order valence-electron chi connectivity index (χ0n) is 11.1. The van der Waals surface area contributed by atoms with Crippen molar-refractivity contribution in [1.29, 1.82) is 0 Å². The van der Waals surface area contributed by atoms with Gasteiger partial charge in [0.05, 0.1) is 5.56 Å². The van der Waals surface area contributed by atoms with Crippen LogP contribution in [0.15, 0.2) is 40.6 Å². The highest BCUT2D eigenvalue weighted by Crippen LogP contribution is 2.30. The first-order chi connectivity index (χ1) is 10.0. The van der Waals surface area contributed by atoms with Gasteiger partial charge in [0.2, 0.25) is 0 Å². The Hall–Kier alpha value is -1.87. The van der Waals surface area contributed by atoms with Crippen molar-refractivity contribution in [2.45, 2.75) is 10.1 Å². The third-order valence-corrected chi connectivity index (χ3v) is 5.96. The average Bonchev–Trinajstić information content (AvgIpc) is 2.95. The van der Waals surface area contributed by atoms with Crippen LogP contribution in [0.4, 0.5) is 0 Å². The van der Waals surface area contributed by atoms with Crippen LogP contribution < -0.4 is 0 Å². The number of aromatic nitrogens is 3. The Kier molecular flexibility index (Phi) is 3.46. The predicted molar refractivity (Wildman–Crippen MR) is 76.4 cm³/mol. The number of nitrogens with zero attached hydrogens (tertiary/aromatic N) is 4. The number of aryl methyl sites for hydroxylation is 1. The van der Waals surface area contributed by atoms with Crippen molar-refractivity contribution < 1.29 is 13.2 Å². The third kappa shape index (κ3) is 2.32. The van der Waals surface area contributed by atoms with Gasteiger partial charge in [0.1, 0.15) is 11.2 Å². The van der Waals surface area contributed by atoms with Gasteiger partial charge in [-0.25, -0.2) is 12.7 Å². The molecule has 0 N–H and O–H groups in total. The van der Waals surface area contributed by atoms with Crippen molar-refractivity contribution in [1.82, 2.24) is 19.1 Å². The summed E-state index contributed by atoms with van der Waals surface area (Å²) in [6, 6.07) is 6.26. The number of carbonyl (C=O) groups excluding carboxylic acids is 1. The quantitative estimate of drug-likeness (QED) is 0.772. The Bertz CT molecular complexity index is 800. The van der Waals surface area contributed by atoms with Crippen molar-refractivity contribution in [3.63, 3.8) is 0 Å². The van der Waals surface area contributed by atoms with E-state index in [0.29, 0.717) is 10.9 Å². The van der Waals surface area contributed by atoms with Crippen molar-refractivity contribution in [3.05, 3.63) is 36.2 Å². The summed E-state index contributed by atoms with van der Waals surface area (Å²) in [6.07, 6.45) is 1.57. The standard InChI is InChI=1S/C12H12N4O3S2/c1-15-8-13-14-12(15)20-7-6-16-11(17)9-4-2-3-5-10(9)21(16,18)19/h2-5,8H,6-7H2,1H3. The minimum absolute atomic E-state index is 0.0821. The molecule has 1 aromatic carbocycles. The molecule has 0 saturated heterocycles. The number of hydrogen-bond donors (Lipinski definition) is 0. The van der Waals surface area contributed by atoms with Crippen LogP contribution in [-0.4, -0.2) is 45.7 Å². The first kappa shape index (κ1) is 14.1. The normalized spacial score (nSPS) is 16.2. The Labute approximate surface area is 126 Å². The molecular weight excluding hydrogens is 312 g/mol. The lowest BCUT2D eigenvalue weighted by atomic mass is 10.2. The molecule has 0 saturated carbocycles. The molecule has 0 radical (unpaired) electrons. The molecule has 7 nitrogen and oxygen atoms in total. The molecule has 0 fully saturated rings. The smallest absolute Gasteiger partial charge is 0.269 e. The average molecular weight is 324 g/mol. The number of sulfonamides is 1. The maximum absolute atomic E-state index is 12.3. The van der Waals surface area contributed by atoms with E-state index in [4.69, 9.17) is 0 Å². The SMILES string of the molecule is Cn1cnnc1SCCN1C(=O)c2ccccc2S1(=O)=O. The molecule has 3 rings (SSSR count). The Balaban J connectivity index is 1.76. The molecule has 0 bridgehead atoms. The molecule has 9 heteroatoms. The fourth-order valence-corrected chi connectivity index (χ4v) is 4.57. The molecule has 1 aliphatic heterocycles. The molecule has 21 heavy (non-hydrogen) atoms. The van der Waals surface area contributed by atoms with Crippen LogP contribution in [0.3, 0.4) is 0 Å². The number of fused-ring (bicyclic) bond motifs is 1. The van der Waals surface area contributed by atoms with Gasteiger partial charge in [-0.3, -0.25) is 4.79 Å². The van der Waals surface area contributed by atoms with Gasteiger partial charge >= 0.3 is 0 Å². The zero-order valence-corrected chi connectivity index (χ0v) is 12.8. The molecule has 1 aromatic heterocycles. The summed E-state index contributed by atoms with van der Waals surface area (Å²) < 4.78 is 27.3. The second-order valence-corrected chi connectivity index (χ2v) is 7.34. The first-order valence-electron chi connectivity index (χ1n) is 6.14. The number of rotatable bonds is 4. The lowest BCUT2D eigenvalue weighted by Gasteiger charge is -2.14. The van der Waals surface area contributed by atoms with Gasteiger partial charge in [-0.15, -0.1) is 10.2 Å². The van der Waals surface area contributed by atoms with Crippen LogP contribution in [0.2, 0.25) is 0 Å². The van der Waals surface area contributed by atoms with E-state index in [9.17, 15) is 13.2 Å². The number of amides is 1. The number of benzene rings is 1. The summed E-state index contributed by atoms with van der Waals surface area (Å²) >= 11 is 1.35. The molecule has 0 atom stereocenters. The summed E-state index contributed by atoms with van der Waals surface area (Å²) in [5, 5.41) is 8.32. The fourth-order valence-electron chi connectivity index (χ4n) is 2.08. The van der Waals surface area contributed by atoms with Gasteiger partial charge in [-0.05, 0) is 12.1 Å². The molecule has 2 aromatic rings. The van der Waals surface area contributed by atoms with Crippen LogP contribution >= 0.6 is 11.8 Å². The monoisotopic (exact) mass is 324 g/mol. The molecular formula is C12H12N4O3S2. The molecule has 0 unspecified atom stereocenters. The van der Waals surface area contributed by atoms with Gasteiger partial charge in [0.25, 0.3) is 15.9 Å². The van der Waals surface area contributed by atoms with Crippen molar-refractivity contribution in [2.24, 2.45) is 7.05 Å². The highest BCUT2D eigenvalue weighted by Gasteiger charge is 2.40. The molecule has 1 amide bonds. The van der Waals surface area contributed by atoms with Crippen LogP contribution in [0, 0.1) is 0 Å². The van der Waals surface area contributed by atoms with Crippen LogP contribution in [-0.2, 0) is 17.1 Å². The van der Waals surface area contributed by atoms with Crippen molar-refractivity contribution in [2.75, 3.05) is 12.3 Å². The fraction of sp³-hybridized carbons (Fsp3) is 0.250. The number of carbonyl (C=O) groups is 1. The van der Waals surface area contributed by atoms with Crippen LogP contribution in [0.1, 0.15) is 10.4 Å². The third-order valence-electron chi connectivity index (χ3n) is 3.11. The number of hydrogen-bond acceptors (Lipinski definition) is 6. The van der Waals surface area contributed by atoms with Crippen molar-refractivity contribution >= 4 is 27.7 Å². The second kappa shape index (κ2) is 5.15.